The fraction of sp³-hybridized carbons (Fsp3) is 0.154. The Hall–Kier alpha value is -3.77. The van der Waals surface area contributed by atoms with Crippen LogP contribution in [0, 0.1) is 11.8 Å². The van der Waals surface area contributed by atoms with Crippen molar-refractivity contribution in [3.05, 3.63) is 99.6 Å². The molecule has 0 spiro atoms. The number of benzene rings is 3. The third-order valence-corrected chi connectivity index (χ3v) is 7.64. The van der Waals surface area contributed by atoms with E-state index in [1.54, 1.807) is 0 Å². The molecule has 162 valence electrons. The Morgan fingerprint density at radius 1 is 0.939 bits per heavy atom. The third-order valence-electron chi connectivity index (χ3n) is 7.31. The van der Waals surface area contributed by atoms with E-state index in [4.69, 9.17) is 11.6 Å². The largest absolute Gasteiger partial charge is 0.478 e. The van der Waals surface area contributed by atoms with Gasteiger partial charge in [-0.2, -0.15) is 0 Å². The molecular weight excluding hydrogens is 442 g/mol. The number of halogens is 1. The monoisotopic (exact) mass is 457 g/mol. The minimum absolute atomic E-state index is 0.00648. The van der Waals surface area contributed by atoms with E-state index in [1.807, 2.05) is 48.5 Å². The van der Waals surface area contributed by atoms with Crippen LogP contribution in [0.15, 0.2) is 66.7 Å². The molecule has 4 aliphatic rings. The molecule has 0 unspecified atom stereocenters. The molecule has 3 aromatic carbocycles. The molecule has 1 aliphatic heterocycles. The summed E-state index contributed by atoms with van der Waals surface area (Å²) in [5.41, 5.74) is 1.87. The molecule has 0 radical (unpaired) electrons. The van der Waals surface area contributed by atoms with Gasteiger partial charge in [-0.25, -0.2) is 9.69 Å². The van der Waals surface area contributed by atoms with E-state index in [-0.39, 0.29) is 22.2 Å². The normalized spacial score (nSPS) is 26.6. The molecule has 2 atom stereocenters. The Morgan fingerprint density at radius 2 is 1.55 bits per heavy atom. The smallest absolute Gasteiger partial charge is 0.337 e. The number of hydrogen-bond acceptors (Lipinski definition) is 4. The molecule has 1 N–H and O–H groups in total. The highest BCUT2D eigenvalue weighted by Gasteiger charge is 2.68. The molecule has 3 aliphatic carbocycles. The lowest BCUT2D eigenvalue weighted by atomic mass is 9.48. The maximum Gasteiger partial charge on any atom is 0.337 e. The van der Waals surface area contributed by atoms with Crippen molar-refractivity contribution >= 4 is 41.4 Å². The van der Waals surface area contributed by atoms with E-state index in [9.17, 15) is 24.3 Å². The summed E-state index contributed by atoms with van der Waals surface area (Å²) < 4.78 is 0. The molecule has 1 heterocycles. The molecule has 7 heteroatoms. The van der Waals surface area contributed by atoms with Gasteiger partial charge in [-0.05, 0) is 40.5 Å². The van der Waals surface area contributed by atoms with Crippen LogP contribution >= 0.6 is 11.6 Å². The van der Waals surface area contributed by atoms with Crippen molar-refractivity contribution in [3.8, 4) is 0 Å². The van der Waals surface area contributed by atoms with Crippen LogP contribution in [-0.4, -0.2) is 29.2 Å². The van der Waals surface area contributed by atoms with Gasteiger partial charge in [-0.15, -0.1) is 0 Å². The highest BCUT2D eigenvalue weighted by Crippen LogP contribution is 2.63. The summed E-state index contributed by atoms with van der Waals surface area (Å²) in [4.78, 5) is 53.2. The maximum absolute atomic E-state index is 13.9. The fourth-order valence-corrected chi connectivity index (χ4v) is 6.30. The van der Waals surface area contributed by atoms with Crippen LogP contribution < -0.4 is 4.90 Å². The molecule has 2 bridgehead atoms. The second-order valence-corrected chi connectivity index (χ2v) is 9.03. The van der Waals surface area contributed by atoms with E-state index < -0.39 is 35.0 Å². The zero-order valence-corrected chi connectivity index (χ0v) is 17.8. The number of carboxylic acid groups (broad SMARTS) is 1. The van der Waals surface area contributed by atoms with Crippen molar-refractivity contribution in [1.29, 1.82) is 0 Å². The number of imide groups is 1. The lowest BCUT2D eigenvalue weighted by molar-refractivity contribution is -0.128. The van der Waals surface area contributed by atoms with Crippen molar-refractivity contribution in [3.63, 3.8) is 0 Å². The van der Waals surface area contributed by atoms with Crippen LogP contribution in [0.5, 0.6) is 0 Å². The first-order valence-electron chi connectivity index (χ1n) is 10.5. The van der Waals surface area contributed by atoms with Crippen LogP contribution in [0.1, 0.15) is 38.5 Å². The minimum Gasteiger partial charge on any atom is -0.478 e. The molecule has 1 fully saturated rings. The Kier molecular flexibility index (Phi) is 3.99. The minimum atomic E-state index is -1.30. The van der Waals surface area contributed by atoms with E-state index in [0.29, 0.717) is 0 Å². The van der Waals surface area contributed by atoms with Crippen LogP contribution in [0.4, 0.5) is 5.69 Å². The first-order valence-corrected chi connectivity index (χ1v) is 10.9. The van der Waals surface area contributed by atoms with Gasteiger partial charge in [0.05, 0.1) is 33.5 Å². The number of anilines is 1. The SMILES string of the molecule is O=CC12c3ccccc3C(c3ccccc31)[C@@H]1C(=O)N(c3ccc(Cl)c(C(=O)O)c3)C(=O)[C@H]12. The second kappa shape index (κ2) is 6.62. The molecule has 3 aromatic rings. The summed E-state index contributed by atoms with van der Waals surface area (Å²) in [6.45, 7) is 0. The van der Waals surface area contributed by atoms with Gasteiger partial charge in [0, 0.05) is 5.92 Å². The van der Waals surface area contributed by atoms with Gasteiger partial charge < -0.3 is 9.90 Å². The molecule has 33 heavy (non-hydrogen) atoms. The number of aldehydes is 1. The number of aromatic carboxylic acids is 1. The number of nitrogens with zero attached hydrogens (tertiary/aromatic N) is 1. The van der Waals surface area contributed by atoms with Crippen LogP contribution in [0.3, 0.4) is 0 Å². The fourth-order valence-electron chi connectivity index (χ4n) is 6.10. The van der Waals surface area contributed by atoms with E-state index in [1.165, 1.54) is 18.2 Å². The standard InChI is InChI=1S/C26H16ClNO5/c27-19-10-9-13(11-16(19)25(32)33)28-23(30)21-20-14-5-1-3-7-17(14)26(12-29,22(21)24(28)31)18-8-4-2-6-15(18)20/h1-12,20-22H,(H,32,33)/t20?,21-,22-,26?/m0/s1. The topological polar surface area (TPSA) is 91.8 Å². The van der Waals surface area contributed by atoms with E-state index in [0.717, 1.165) is 33.4 Å². The summed E-state index contributed by atoms with van der Waals surface area (Å²) in [5.74, 6) is -4.27. The zero-order valence-electron chi connectivity index (χ0n) is 17.1. The lowest BCUT2D eigenvalue weighted by Gasteiger charge is -2.51. The predicted molar refractivity (Wildman–Crippen MR) is 119 cm³/mol. The van der Waals surface area contributed by atoms with Crippen LogP contribution in [0.2, 0.25) is 5.02 Å². The summed E-state index contributed by atoms with van der Waals surface area (Å²) in [6, 6.07) is 19.0. The first kappa shape index (κ1) is 19.9. The zero-order chi connectivity index (χ0) is 23.1. The number of amides is 2. The Balaban J connectivity index is 1.61. The summed E-state index contributed by atoms with van der Waals surface area (Å²) in [7, 11) is 0. The maximum atomic E-state index is 13.9. The number of rotatable bonds is 3. The van der Waals surface area contributed by atoms with Gasteiger partial charge in [-0.3, -0.25) is 9.59 Å². The van der Waals surface area contributed by atoms with Crippen molar-refractivity contribution in [2.24, 2.45) is 11.8 Å². The number of carbonyl (C=O) groups is 4. The van der Waals surface area contributed by atoms with Gasteiger partial charge >= 0.3 is 5.97 Å². The molecule has 1 saturated heterocycles. The number of carbonyl (C=O) groups excluding carboxylic acids is 3. The van der Waals surface area contributed by atoms with Crippen molar-refractivity contribution < 1.29 is 24.3 Å². The predicted octanol–water partition coefficient (Wildman–Crippen LogP) is 3.79. The molecule has 7 rings (SSSR count). The highest BCUT2D eigenvalue weighted by molar-refractivity contribution is 6.34. The van der Waals surface area contributed by atoms with Crippen LogP contribution in [0.25, 0.3) is 0 Å². The van der Waals surface area contributed by atoms with Gasteiger partial charge in [0.25, 0.3) is 0 Å². The molecular formula is C26H16ClNO5. The number of carboxylic acids is 1. The van der Waals surface area contributed by atoms with Gasteiger partial charge in [0.1, 0.15) is 6.29 Å². The van der Waals surface area contributed by atoms with Gasteiger partial charge in [0.15, 0.2) is 0 Å². The quantitative estimate of drug-likeness (QED) is 0.477. The summed E-state index contributed by atoms with van der Waals surface area (Å²) in [6.07, 6.45) is 0.803. The molecule has 6 nitrogen and oxygen atoms in total. The Bertz CT molecular complexity index is 1370. The average Bonchev–Trinajstić information content (AvgIpc) is 3.10. The first-order chi connectivity index (χ1) is 15.9. The van der Waals surface area contributed by atoms with E-state index >= 15 is 0 Å². The van der Waals surface area contributed by atoms with Gasteiger partial charge in [0.2, 0.25) is 11.8 Å². The van der Waals surface area contributed by atoms with Crippen molar-refractivity contribution in [2.45, 2.75) is 11.3 Å². The lowest BCUT2D eigenvalue weighted by Crippen LogP contribution is -2.54. The molecule has 0 aromatic heterocycles. The van der Waals surface area contributed by atoms with Crippen LogP contribution in [-0.2, 0) is 19.8 Å². The molecule has 0 saturated carbocycles. The Labute approximate surface area is 193 Å². The molecule has 2 amide bonds. The van der Waals surface area contributed by atoms with Gasteiger partial charge in [-0.1, -0.05) is 60.1 Å². The van der Waals surface area contributed by atoms with Crippen molar-refractivity contribution in [1.82, 2.24) is 0 Å². The highest BCUT2D eigenvalue weighted by atomic mass is 35.5. The number of hydrogen-bond donors (Lipinski definition) is 1. The van der Waals surface area contributed by atoms with Crippen molar-refractivity contribution in [2.75, 3.05) is 4.90 Å². The second-order valence-electron chi connectivity index (χ2n) is 8.62. The Morgan fingerprint density at radius 3 is 2.12 bits per heavy atom. The average molecular weight is 458 g/mol. The summed E-state index contributed by atoms with van der Waals surface area (Å²) in [5, 5.41) is 9.47. The summed E-state index contributed by atoms with van der Waals surface area (Å²) >= 11 is 6.00. The third kappa shape index (κ3) is 2.28. The van der Waals surface area contributed by atoms with E-state index in [2.05, 4.69) is 0 Å².